The van der Waals surface area contributed by atoms with Gasteiger partial charge >= 0.3 is 0 Å². The van der Waals surface area contributed by atoms with E-state index in [2.05, 4.69) is 10.6 Å². The molecule has 0 saturated carbocycles. The lowest BCUT2D eigenvalue weighted by Gasteiger charge is -2.08. The van der Waals surface area contributed by atoms with Crippen LogP contribution in [0.5, 0.6) is 5.75 Å². The predicted octanol–water partition coefficient (Wildman–Crippen LogP) is 4.11. The minimum absolute atomic E-state index is 0.0891. The molecule has 8 nitrogen and oxygen atoms in total. The second-order valence-electron chi connectivity index (χ2n) is 6.02. The highest BCUT2D eigenvalue weighted by atomic mass is 16.6. The summed E-state index contributed by atoms with van der Waals surface area (Å²) in [5, 5.41) is 16.1. The molecule has 0 fully saturated rings. The summed E-state index contributed by atoms with van der Waals surface area (Å²) in [6.07, 6.45) is 0. The maximum Gasteiger partial charge on any atom is 0.269 e. The molecule has 0 aliphatic heterocycles. The fraction of sp³-hybridized carbons (Fsp3) is 0.0476. The lowest BCUT2D eigenvalue weighted by Crippen LogP contribution is -2.13. The molecule has 0 atom stereocenters. The van der Waals surface area contributed by atoms with E-state index < -0.39 is 10.8 Å². The van der Waals surface area contributed by atoms with Crippen LogP contribution < -0.4 is 15.4 Å². The summed E-state index contributed by atoms with van der Waals surface area (Å²) >= 11 is 0. The molecule has 2 amide bonds. The topological polar surface area (TPSA) is 111 Å². The Morgan fingerprint density at radius 2 is 1.17 bits per heavy atom. The zero-order valence-electron chi connectivity index (χ0n) is 15.4. The van der Waals surface area contributed by atoms with E-state index in [0.717, 1.165) is 0 Å². The van der Waals surface area contributed by atoms with Crippen LogP contribution in [0.3, 0.4) is 0 Å². The third-order valence-corrected chi connectivity index (χ3v) is 4.09. The number of amides is 2. The Kier molecular flexibility index (Phi) is 5.84. The van der Waals surface area contributed by atoms with Crippen molar-refractivity contribution in [2.45, 2.75) is 0 Å². The van der Waals surface area contributed by atoms with Crippen LogP contribution in [0.25, 0.3) is 0 Å². The van der Waals surface area contributed by atoms with Gasteiger partial charge in [-0.3, -0.25) is 19.7 Å². The van der Waals surface area contributed by atoms with Crippen molar-refractivity contribution in [2.24, 2.45) is 0 Å². The third kappa shape index (κ3) is 4.95. The summed E-state index contributed by atoms with van der Waals surface area (Å²) in [6.45, 7) is 0. The molecule has 2 N–H and O–H groups in total. The molecule has 0 spiro atoms. The number of ether oxygens (including phenoxy) is 1. The summed E-state index contributed by atoms with van der Waals surface area (Å²) in [5.41, 5.74) is 1.75. The van der Waals surface area contributed by atoms with E-state index in [1.165, 1.54) is 24.3 Å². The monoisotopic (exact) mass is 391 g/mol. The van der Waals surface area contributed by atoms with Crippen LogP contribution in [0, 0.1) is 10.1 Å². The molecule has 146 valence electrons. The Labute approximate surface area is 166 Å². The van der Waals surface area contributed by atoms with E-state index in [4.69, 9.17) is 4.74 Å². The minimum atomic E-state index is -0.530. The number of hydrogen-bond acceptors (Lipinski definition) is 5. The lowest BCUT2D eigenvalue weighted by atomic mass is 10.1. The first kappa shape index (κ1) is 19.6. The number of carbonyl (C=O) groups excluding carboxylic acids is 2. The molecule has 0 bridgehead atoms. The predicted molar refractivity (Wildman–Crippen MR) is 108 cm³/mol. The quantitative estimate of drug-likeness (QED) is 0.485. The average molecular weight is 391 g/mol. The Balaban J connectivity index is 1.62. The van der Waals surface area contributed by atoms with Crippen molar-refractivity contribution >= 4 is 28.9 Å². The normalized spacial score (nSPS) is 10.1. The second kappa shape index (κ2) is 8.66. The van der Waals surface area contributed by atoms with E-state index in [9.17, 15) is 19.7 Å². The molecule has 3 rings (SSSR count). The SMILES string of the molecule is COc1ccc(NC(=O)c2ccc(NC(=O)c3ccc([N+](=O)[O-])cc3)cc2)cc1. The lowest BCUT2D eigenvalue weighted by molar-refractivity contribution is -0.384. The Hall–Kier alpha value is -4.20. The number of nitro benzene ring substituents is 1. The van der Waals surface area contributed by atoms with Gasteiger partial charge in [0.1, 0.15) is 5.75 Å². The van der Waals surface area contributed by atoms with Gasteiger partial charge in [-0.05, 0) is 60.7 Å². The van der Waals surface area contributed by atoms with Gasteiger partial charge in [-0.25, -0.2) is 0 Å². The number of benzene rings is 3. The van der Waals surface area contributed by atoms with E-state index in [-0.39, 0.29) is 17.2 Å². The highest BCUT2D eigenvalue weighted by molar-refractivity contribution is 6.06. The Morgan fingerprint density at radius 1 is 0.759 bits per heavy atom. The molecule has 0 saturated heterocycles. The number of nitro groups is 1. The van der Waals surface area contributed by atoms with Crippen molar-refractivity contribution in [3.8, 4) is 5.75 Å². The maximum absolute atomic E-state index is 12.3. The number of carbonyl (C=O) groups is 2. The molecule has 3 aromatic carbocycles. The molecular weight excluding hydrogens is 374 g/mol. The summed E-state index contributed by atoms with van der Waals surface area (Å²) in [5.74, 6) is -0.00476. The maximum atomic E-state index is 12.3. The summed E-state index contributed by atoms with van der Waals surface area (Å²) < 4.78 is 5.07. The first-order valence-electron chi connectivity index (χ1n) is 8.57. The van der Waals surface area contributed by atoms with Gasteiger partial charge in [-0.1, -0.05) is 0 Å². The molecular formula is C21H17N3O5. The highest BCUT2D eigenvalue weighted by Gasteiger charge is 2.11. The van der Waals surface area contributed by atoms with Crippen LogP contribution >= 0.6 is 0 Å². The Morgan fingerprint density at radius 3 is 1.59 bits per heavy atom. The number of hydrogen-bond donors (Lipinski definition) is 2. The van der Waals surface area contributed by atoms with Crippen LogP contribution in [0.1, 0.15) is 20.7 Å². The molecule has 3 aromatic rings. The van der Waals surface area contributed by atoms with Crippen molar-refractivity contribution in [3.05, 3.63) is 94.0 Å². The molecule has 0 radical (unpaired) electrons. The molecule has 29 heavy (non-hydrogen) atoms. The minimum Gasteiger partial charge on any atom is -0.497 e. The summed E-state index contributed by atoms with van der Waals surface area (Å²) in [6, 6.07) is 18.6. The fourth-order valence-corrected chi connectivity index (χ4v) is 2.52. The second-order valence-corrected chi connectivity index (χ2v) is 6.02. The van der Waals surface area contributed by atoms with Gasteiger partial charge in [0.25, 0.3) is 17.5 Å². The standard InChI is InChI=1S/C21H17N3O5/c1-29-19-12-8-17(9-13-19)23-20(25)14-2-6-16(7-3-14)22-21(26)15-4-10-18(11-5-15)24(27)28/h2-13H,1H3,(H,22,26)(H,23,25). The number of anilines is 2. The molecule has 8 heteroatoms. The van der Waals surface area contributed by atoms with Gasteiger partial charge in [-0.15, -0.1) is 0 Å². The zero-order chi connectivity index (χ0) is 20.8. The van der Waals surface area contributed by atoms with Gasteiger partial charge in [0.05, 0.1) is 12.0 Å². The first-order valence-corrected chi connectivity index (χ1v) is 8.57. The molecule has 0 unspecified atom stereocenters. The van der Waals surface area contributed by atoms with Gasteiger partial charge in [0.2, 0.25) is 0 Å². The van der Waals surface area contributed by atoms with E-state index in [1.807, 2.05) is 0 Å². The summed E-state index contributed by atoms with van der Waals surface area (Å²) in [7, 11) is 1.57. The molecule has 0 heterocycles. The number of non-ortho nitro benzene ring substituents is 1. The number of nitrogens with one attached hydrogen (secondary N) is 2. The molecule has 0 aromatic heterocycles. The Bertz CT molecular complexity index is 1030. The number of methoxy groups -OCH3 is 1. The van der Waals surface area contributed by atoms with Crippen molar-refractivity contribution in [1.29, 1.82) is 0 Å². The van der Waals surface area contributed by atoms with Crippen molar-refractivity contribution in [1.82, 2.24) is 0 Å². The highest BCUT2D eigenvalue weighted by Crippen LogP contribution is 2.18. The van der Waals surface area contributed by atoms with E-state index >= 15 is 0 Å². The van der Waals surface area contributed by atoms with Crippen molar-refractivity contribution in [3.63, 3.8) is 0 Å². The van der Waals surface area contributed by atoms with Crippen molar-refractivity contribution in [2.75, 3.05) is 17.7 Å². The van der Waals surface area contributed by atoms with Crippen molar-refractivity contribution < 1.29 is 19.2 Å². The van der Waals surface area contributed by atoms with Gasteiger partial charge in [0, 0.05) is 34.6 Å². The largest absolute Gasteiger partial charge is 0.497 e. The molecule has 0 aliphatic carbocycles. The molecule has 0 aliphatic rings. The van der Waals surface area contributed by atoms with E-state index in [1.54, 1.807) is 55.6 Å². The van der Waals surface area contributed by atoms with Crippen LogP contribution in [0.2, 0.25) is 0 Å². The van der Waals surface area contributed by atoms with Crippen LogP contribution in [-0.2, 0) is 0 Å². The van der Waals surface area contributed by atoms with E-state index in [0.29, 0.717) is 22.7 Å². The van der Waals surface area contributed by atoms with Crippen LogP contribution in [-0.4, -0.2) is 23.8 Å². The summed E-state index contributed by atoms with van der Waals surface area (Å²) in [4.78, 5) is 34.7. The van der Waals surface area contributed by atoms with Gasteiger partial charge in [-0.2, -0.15) is 0 Å². The van der Waals surface area contributed by atoms with Crippen LogP contribution in [0.15, 0.2) is 72.8 Å². The van der Waals surface area contributed by atoms with Crippen LogP contribution in [0.4, 0.5) is 17.1 Å². The third-order valence-electron chi connectivity index (χ3n) is 4.09. The first-order chi connectivity index (χ1) is 14.0. The average Bonchev–Trinajstić information content (AvgIpc) is 2.74. The number of nitrogens with zero attached hydrogens (tertiary/aromatic N) is 1. The zero-order valence-corrected chi connectivity index (χ0v) is 15.4. The smallest absolute Gasteiger partial charge is 0.269 e. The van der Waals surface area contributed by atoms with Gasteiger partial charge in [0.15, 0.2) is 0 Å². The number of rotatable bonds is 6. The van der Waals surface area contributed by atoms with Gasteiger partial charge < -0.3 is 15.4 Å². The fourth-order valence-electron chi connectivity index (χ4n) is 2.52.